The first-order valence-electron chi connectivity index (χ1n) is 8.23. The molecule has 0 atom stereocenters. The van der Waals surface area contributed by atoms with E-state index in [0.29, 0.717) is 20.6 Å². The molecule has 2 aromatic carbocycles. The second kappa shape index (κ2) is 6.91. The van der Waals surface area contributed by atoms with E-state index in [1.807, 2.05) is 0 Å². The van der Waals surface area contributed by atoms with E-state index in [1.165, 1.54) is 36.3 Å². The van der Waals surface area contributed by atoms with Gasteiger partial charge in [-0.3, -0.25) is 9.97 Å². The first kappa shape index (κ1) is 19.5. The predicted molar refractivity (Wildman–Crippen MR) is 97.6 cm³/mol. The Hall–Kier alpha value is -2.81. The van der Waals surface area contributed by atoms with Gasteiger partial charge < -0.3 is 0 Å². The number of rotatable bonds is 2. The van der Waals surface area contributed by atoms with E-state index >= 15 is 0 Å². The zero-order valence-corrected chi connectivity index (χ0v) is 15.2. The van der Waals surface area contributed by atoms with Crippen LogP contribution in [0.15, 0.2) is 70.7 Å². The molecule has 29 heavy (non-hydrogen) atoms. The summed E-state index contributed by atoms with van der Waals surface area (Å²) in [4.78, 5) is 9.29. The van der Waals surface area contributed by atoms with Gasteiger partial charge in [-0.1, -0.05) is 23.9 Å². The Labute approximate surface area is 164 Å². The number of hydrogen-bond acceptors (Lipinski definition) is 3. The van der Waals surface area contributed by atoms with Crippen molar-refractivity contribution in [2.75, 3.05) is 0 Å². The van der Waals surface area contributed by atoms with Crippen molar-refractivity contribution in [1.29, 1.82) is 0 Å². The number of aromatic nitrogens is 2. The topological polar surface area (TPSA) is 25.8 Å². The Morgan fingerprint density at radius 2 is 1.00 bits per heavy atom. The molecule has 148 valence electrons. The van der Waals surface area contributed by atoms with E-state index in [-0.39, 0.29) is 11.0 Å². The average molecular weight is 424 g/mol. The summed E-state index contributed by atoms with van der Waals surface area (Å²) in [6.07, 6.45) is -6.15. The molecule has 0 amide bonds. The van der Waals surface area contributed by atoms with Crippen LogP contribution >= 0.6 is 11.8 Å². The minimum absolute atomic E-state index is 0.183. The third kappa shape index (κ3) is 3.87. The molecule has 0 aliphatic rings. The minimum atomic E-state index is -4.48. The lowest BCUT2D eigenvalue weighted by Gasteiger charge is -2.12. The molecule has 2 heterocycles. The van der Waals surface area contributed by atoms with Crippen molar-refractivity contribution in [3.05, 3.63) is 72.1 Å². The lowest BCUT2D eigenvalue weighted by molar-refractivity contribution is -0.138. The summed E-state index contributed by atoms with van der Waals surface area (Å²) in [5.74, 6) is 0. The van der Waals surface area contributed by atoms with Crippen molar-refractivity contribution in [2.24, 2.45) is 0 Å². The molecular formula is C20H10F6N2S. The minimum Gasteiger partial charge on any atom is -0.256 e. The van der Waals surface area contributed by atoms with Crippen LogP contribution in [0.4, 0.5) is 26.3 Å². The van der Waals surface area contributed by atoms with E-state index in [4.69, 9.17) is 0 Å². The SMILES string of the molecule is FC(F)(F)c1ccc2c(Sc3ccnc4cc(C(F)(F)F)ccc34)ccnc2c1. The quantitative estimate of drug-likeness (QED) is 0.325. The molecule has 0 saturated carbocycles. The van der Waals surface area contributed by atoms with Crippen molar-refractivity contribution < 1.29 is 26.3 Å². The van der Waals surface area contributed by atoms with Crippen molar-refractivity contribution in [1.82, 2.24) is 9.97 Å². The van der Waals surface area contributed by atoms with Gasteiger partial charge in [0, 0.05) is 33.0 Å². The molecule has 2 nitrogen and oxygen atoms in total. The zero-order chi connectivity index (χ0) is 20.8. The van der Waals surface area contributed by atoms with Crippen LogP contribution in [0.2, 0.25) is 0 Å². The number of alkyl halides is 6. The molecule has 9 heteroatoms. The van der Waals surface area contributed by atoms with Gasteiger partial charge in [0.05, 0.1) is 22.2 Å². The Morgan fingerprint density at radius 3 is 1.38 bits per heavy atom. The Bertz CT molecular complexity index is 1120. The molecule has 0 aliphatic heterocycles. The van der Waals surface area contributed by atoms with Gasteiger partial charge in [-0.15, -0.1) is 0 Å². The smallest absolute Gasteiger partial charge is 0.256 e. The monoisotopic (exact) mass is 424 g/mol. The van der Waals surface area contributed by atoms with Crippen LogP contribution in [0.5, 0.6) is 0 Å². The van der Waals surface area contributed by atoms with Gasteiger partial charge in [0.15, 0.2) is 0 Å². The highest BCUT2D eigenvalue weighted by molar-refractivity contribution is 7.99. The number of fused-ring (bicyclic) bond motifs is 2. The second-order valence-electron chi connectivity index (χ2n) is 6.18. The molecular weight excluding hydrogens is 414 g/mol. The number of hydrogen-bond donors (Lipinski definition) is 0. The van der Waals surface area contributed by atoms with Gasteiger partial charge in [-0.2, -0.15) is 26.3 Å². The van der Waals surface area contributed by atoms with Crippen molar-refractivity contribution in [2.45, 2.75) is 22.1 Å². The summed E-state index contributed by atoms with van der Waals surface area (Å²) in [5, 5.41) is 1.03. The second-order valence-corrected chi connectivity index (χ2v) is 7.26. The number of nitrogens with zero attached hydrogens (tertiary/aromatic N) is 2. The molecule has 0 aliphatic carbocycles. The van der Waals surface area contributed by atoms with Crippen LogP contribution in [-0.2, 0) is 12.4 Å². The van der Waals surface area contributed by atoms with Gasteiger partial charge in [0.1, 0.15) is 0 Å². The fraction of sp³-hybridized carbons (Fsp3) is 0.100. The highest BCUT2D eigenvalue weighted by atomic mass is 32.2. The van der Waals surface area contributed by atoms with Crippen molar-refractivity contribution >= 4 is 33.6 Å². The lowest BCUT2D eigenvalue weighted by Crippen LogP contribution is -2.04. The molecule has 0 unspecified atom stereocenters. The summed E-state index contributed by atoms with van der Waals surface area (Å²) in [7, 11) is 0. The Balaban J connectivity index is 1.78. The first-order chi connectivity index (χ1) is 13.6. The van der Waals surface area contributed by atoms with Gasteiger partial charge in [-0.25, -0.2) is 0 Å². The van der Waals surface area contributed by atoms with E-state index in [0.717, 1.165) is 24.3 Å². The summed E-state index contributed by atoms with van der Waals surface area (Å²) in [6.45, 7) is 0. The molecule has 0 radical (unpaired) electrons. The van der Waals surface area contributed by atoms with Gasteiger partial charge in [0.2, 0.25) is 0 Å². The molecule has 2 aromatic heterocycles. The molecule has 4 rings (SSSR count). The third-order valence-corrected chi connectivity index (χ3v) is 5.43. The predicted octanol–water partition coefficient (Wildman–Crippen LogP) is 6.97. The van der Waals surface area contributed by atoms with Crippen molar-refractivity contribution in [3.63, 3.8) is 0 Å². The maximum Gasteiger partial charge on any atom is 0.416 e. The Morgan fingerprint density at radius 1 is 0.586 bits per heavy atom. The van der Waals surface area contributed by atoms with Gasteiger partial charge in [-0.05, 0) is 36.4 Å². The molecule has 0 saturated heterocycles. The van der Waals surface area contributed by atoms with E-state index in [1.54, 1.807) is 12.1 Å². The van der Waals surface area contributed by atoms with Gasteiger partial charge >= 0.3 is 12.4 Å². The first-order valence-corrected chi connectivity index (χ1v) is 9.04. The molecule has 0 N–H and O–H groups in total. The normalized spacial score (nSPS) is 12.6. The molecule has 0 bridgehead atoms. The van der Waals surface area contributed by atoms with Crippen LogP contribution in [-0.4, -0.2) is 9.97 Å². The zero-order valence-electron chi connectivity index (χ0n) is 14.3. The maximum atomic E-state index is 12.9. The highest BCUT2D eigenvalue weighted by Crippen LogP contribution is 2.39. The largest absolute Gasteiger partial charge is 0.416 e. The standard InChI is InChI=1S/C20H10F6N2S/c21-19(22,23)11-1-3-13-15(9-11)27-7-5-17(13)29-18-6-8-28-16-10-12(20(24,25)26)2-4-14(16)18/h1-10H. The van der Waals surface area contributed by atoms with E-state index in [9.17, 15) is 26.3 Å². The van der Waals surface area contributed by atoms with Crippen LogP contribution in [0, 0.1) is 0 Å². The van der Waals surface area contributed by atoms with Crippen LogP contribution in [0.3, 0.4) is 0 Å². The third-order valence-electron chi connectivity index (χ3n) is 4.28. The molecule has 0 spiro atoms. The van der Waals surface area contributed by atoms with Crippen LogP contribution in [0.25, 0.3) is 21.8 Å². The summed E-state index contributed by atoms with van der Waals surface area (Å²) < 4.78 is 77.6. The average Bonchev–Trinajstić information content (AvgIpc) is 2.66. The van der Waals surface area contributed by atoms with E-state index < -0.39 is 23.5 Å². The fourth-order valence-electron chi connectivity index (χ4n) is 2.89. The molecule has 4 aromatic rings. The number of benzene rings is 2. The van der Waals surface area contributed by atoms with Crippen LogP contribution < -0.4 is 0 Å². The summed E-state index contributed by atoms with van der Waals surface area (Å²) >= 11 is 1.23. The molecule has 0 fully saturated rings. The number of halogens is 6. The summed E-state index contributed by atoms with van der Waals surface area (Å²) in [5.41, 5.74) is -1.23. The summed E-state index contributed by atoms with van der Waals surface area (Å²) in [6, 6.07) is 9.90. The fourth-order valence-corrected chi connectivity index (χ4v) is 3.95. The van der Waals surface area contributed by atoms with Crippen LogP contribution in [0.1, 0.15) is 11.1 Å². The maximum absolute atomic E-state index is 12.9. The highest BCUT2D eigenvalue weighted by Gasteiger charge is 2.31. The van der Waals surface area contributed by atoms with E-state index in [2.05, 4.69) is 9.97 Å². The van der Waals surface area contributed by atoms with Crippen molar-refractivity contribution in [3.8, 4) is 0 Å². The Kier molecular flexibility index (Phi) is 4.65. The lowest BCUT2D eigenvalue weighted by atomic mass is 10.1. The van der Waals surface area contributed by atoms with Gasteiger partial charge in [0.25, 0.3) is 0 Å². The number of pyridine rings is 2.